The van der Waals surface area contributed by atoms with Gasteiger partial charge in [0.15, 0.2) is 0 Å². The van der Waals surface area contributed by atoms with Crippen LogP contribution >= 0.6 is 11.3 Å². The van der Waals surface area contributed by atoms with Crippen LogP contribution in [0.2, 0.25) is 0 Å². The molecule has 5 unspecified atom stereocenters. The van der Waals surface area contributed by atoms with Gasteiger partial charge >= 0.3 is 0 Å². The number of hydrogen-bond donors (Lipinski definition) is 2. The summed E-state index contributed by atoms with van der Waals surface area (Å²) in [7, 11) is 0. The van der Waals surface area contributed by atoms with E-state index in [2.05, 4.69) is 43.1 Å². The first kappa shape index (κ1) is 28.5. The zero-order chi connectivity index (χ0) is 23.9. The summed E-state index contributed by atoms with van der Waals surface area (Å²) in [6.07, 6.45) is 11.7. The van der Waals surface area contributed by atoms with Crippen LogP contribution in [-0.4, -0.2) is 27.4 Å². The van der Waals surface area contributed by atoms with E-state index in [1.807, 2.05) is 30.5 Å². The Balaban J connectivity index is 0.000000194. The minimum Gasteiger partial charge on any atom is -0.393 e. The van der Waals surface area contributed by atoms with Gasteiger partial charge in [0.2, 0.25) is 0 Å². The van der Waals surface area contributed by atoms with E-state index in [0.717, 1.165) is 42.7 Å². The van der Waals surface area contributed by atoms with Crippen LogP contribution in [0.4, 0.5) is 0 Å². The van der Waals surface area contributed by atoms with Crippen LogP contribution in [0.25, 0.3) is 20.7 Å². The number of thiophene rings is 1. The van der Waals surface area contributed by atoms with Crippen LogP contribution in [0, 0.1) is 29.7 Å². The van der Waals surface area contributed by atoms with Crippen molar-refractivity contribution in [3.8, 4) is 10.6 Å². The van der Waals surface area contributed by atoms with Crippen molar-refractivity contribution in [2.75, 3.05) is 0 Å². The molecule has 193 valence electrons. The number of hydrogen-bond acceptors (Lipinski definition) is 4. The van der Waals surface area contributed by atoms with E-state index < -0.39 is 0 Å². The molecule has 5 heteroatoms. The maximum atomic E-state index is 10.9. The first-order chi connectivity index (χ1) is 16.6. The molecule has 0 spiro atoms. The second-order valence-electron chi connectivity index (χ2n) is 10.1. The van der Waals surface area contributed by atoms with Crippen LogP contribution in [0.1, 0.15) is 71.6 Å². The third-order valence-corrected chi connectivity index (χ3v) is 9.25. The van der Waals surface area contributed by atoms with Gasteiger partial charge < -0.3 is 15.2 Å². The average molecular weight is 671 g/mol. The Morgan fingerprint density at radius 2 is 1.66 bits per heavy atom. The van der Waals surface area contributed by atoms with Gasteiger partial charge in [-0.2, -0.15) is 0 Å². The van der Waals surface area contributed by atoms with E-state index in [9.17, 15) is 10.2 Å². The maximum absolute atomic E-state index is 10.9. The van der Waals surface area contributed by atoms with Gasteiger partial charge in [-0.05, 0) is 59.1 Å². The first-order valence-electron chi connectivity index (χ1n) is 13.3. The van der Waals surface area contributed by atoms with Crippen LogP contribution < -0.4 is 0 Å². The Morgan fingerprint density at radius 1 is 0.943 bits per heavy atom. The smallest absolute Gasteiger partial charge is 0.0626 e. The average Bonchev–Trinajstić information content (AvgIpc) is 3.13. The number of benzene rings is 1. The number of aromatic nitrogens is 1. The largest absolute Gasteiger partial charge is 0.393 e. The Hall–Kier alpha value is -1.10. The molecule has 3 aromatic rings. The van der Waals surface area contributed by atoms with Gasteiger partial charge in [-0.15, -0.1) is 23.6 Å². The molecule has 2 fully saturated rings. The predicted octanol–water partition coefficient (Wildman–Crippen LogP) is 7.51. The molecular formula is C30H40IrNO2S-. The molecule has 2 saturated carbocycles. The number of rotatable bonds is 4. The fourth-order valence-electron chi connectivity index (χ4n) is 6.31. The van der Waals surface area contributed by atoms with Gasteiger partial charge in [0.25, 0.3) is 0 Å². The van der Waals surface area contributed by atoms with Gasteiger partial charge in [-0.25, -0.2) is 11.3 Å². The molecule has 2 aliphatic carbocycles. The Labute approximate surface area is 228 Å². The standard InChI is InChI=1S/C17H32O2.C13H8NS.Ir/c1-3-12(4-2)14-10-7-9-13-8-5-6-11-15(18)16(13)17(14)19;1-2-7-12-10(5-1)9-13(15-12)11-6-3-4-8-14-11;/h12-19H,3-11H2,1-2H3;1-8H;/q;-1;. The molecular weight excluding hydrogens is 631 g/mol. The summed E-state index contributed by atoms with van der Waals surface area (Å²) in [6.45, 7) is 4.49. The Bertz CT molecular complexity index is 973. The second-order valence-corrected chi connectivity index (χ2v) is 11.2. The molecule has 0 saturated heterocycles. The van der Waals surface area contributed by atoms with E-state index in [1.165, 1.54) is 35.8 Å². The van der Waals surface area contributed by atoms with Crippen molar-refractivity contribution < 1.29 is 30.3 Å². The van der Waals surface area contributed by atoms with Crippen LogP contribution in [0.15, 0.2) is 48.7 Å². The third kappa shape index (κ3) is 7.02. The van der Waals surface area contributed by atoms with Crippen LogP contribution in [0.5, 0.6) is 0 Å². The van der Waals surface area contributed by atoms with Crippen molar-refractivity contribution in [3.63, 3.8) is 0 Å². The molecule has 5 rings (SSSR count). The van der Waals surface area contributed by atoms with E-state index in [0.29, 0.717) is 17.8 Å². The molecule has 2 N–H and O–H groups in total. The van der Waals surface area contributed by atoms with Gasteiger partial charge in [-0.3, -0.25) is 0 Å². The van der Waals surface area contributed by atoms with Gasteiger partial charge in [0, 0.05) is 37.9 Å². The SMILES string of the molecule is CCC(CC)C1CCCC2CCCCC(O)C2C1O.[Ir].[c-]1c(-c2ccccn2)sc2ccccc12. The van der Waals surface area contributed by atoms with E-state index in [4.69, 9.17) is 0 Å². The topological polar surface area (TPSA) is 53.4 Å². The summed E-state index contributed by atoms with van der Waals surface area (Å²) in [6, 6.07) is 17.6. The molecule has 0 bridgehead atoms. The molecule has 2 heterocycles. The van der Waals surface area contributed by atoms with Gasteiger partial charge in [0.1, 0.15) is 0 Å². The summed E-state index contributed by atoms with van der Waals surface area (Å²) >= 11 is 1.73. The Kier molecular flexibility index (Phi) is 11.4. The molecule has 1 radical (unpaired) electrons. The number of pyridine rings is 1. The fraction of sp³-hybridized carbons (Fsp3) is 0.567. The van der Waals surface area contributed by atoms with E-state index in [-0.39, 0.29) is 38.2 Å². The van der Waals surface area contributed by atoms with Crippen LogP contribution in [-0.2, 0) is 20.1 Å². The summed E-state index contributed by atoms with van der Waals surface area (Å²) in [4.78, 5) is 5.43. The van der Waals surface area contributed by atoms with Crippen molar-refractivity contribution in [2.24, 2.45) is 23.7 Å². The maximum Gasteiger partial charge on any atom is 0.0626 e. The third-order valence-electron chi connectivity index (χ3n) is 8.16. The molecule has 0 aliphatic heterocycles. The summed E-state index contributed by atoms with van der Waals surface area (Å²) < 4.78 is 1.26. The van der Waals surface area contributed by atoms with Crippen molar-refractivity contribution in [1.82, 2.24) is 4.98 Å². The summed E-state index contributed by atoms with van der Waals surface area (Å²) in [5.41, 5.74) is 0.999. The van der Waals surface area contributed by atoms with Gasteiger partial charge in [-0.1, -0.05) is 70.2 Å². The first-order valence-corrected chi connectivity index (χ1v) is 14.1. The van der Waals surface area contributed by atoms with Crippen molar-refractivity contribution in [3.05, 3.63) is 54.7 Å². The van der Waals surface area contributed by atoms with Crippen molar-refractivity contribution >= 4 is 21.4 Å². The summed E-state index contributed by atoms with van der Waals surface area (Å²) in [5.74, 6) is 1.75. The number of nitrogens with zero attached hydrogens (tertiary/aromatic N) is 1. The van der Waals surface area contributed by atoms with Gasteiger partial charge in [0.05, 0.1) is 12.2 Å². The van der Waals surface area contributed by atoms with Crippen molar-refractivity contribution in [1.29, 1.82) is 0 Å². The van der Waals surface area contributed by atoms with E-state index >= 15 is 0 Å². The zero-order valence-electron chi connectivity index (χ0n) is 21.0. The van der Waals surface area contributed by atoms with Crippen molar-refractivity contribution in [2.45, 2.75) is 83.8 Å². The number of fused-ring (bicyclic) bond motifs is 2. The molecule has 1 aromatic carbocycles. The Morgan fingerprint density at radius 3 is 2.37 bits per heavy atom. The van der Waals surface area contributed by atoms with E-state index in [1.54, 1.807) is 11.3 Å². The fourth-order valence-corrected chi connectivity index (χ4v) is 7.29. The number of aliphatic hydroxyl groups excluding tert-OH is 2. The summed E-state index contributed by atoms with van der Waals surface area (Å²) in [5, 5.41) is 22.5. The molecule has 2 aliphatic rings. The normalized spacial score (nSPS) is 26.6. The minimum absolute atomic E-state index is 0. The predicted molar refractivity (Wildman–Crippen MR) is 143 cm³/mol. The van der Waals surface area contributed by atoms with Crippen LogP contribution in [0.3, 0.4) is 0 Å². The molecule has 3 nitrogen and oxygen atoms in total. The molecule has 2 aromatic heterocycles. The number of aliphatic hydroxyl groups is 2. The second kappa shape index (κ2) is 14.0. The zero-order valence-corrected chi connectivity index (χ0v) is 24.2. The quantitative estimate of drug-likeness (QED) is 0.283. The molecule has 35 heavy (non-hydrogen) atoms. The minimum atomic E-state index is -0.273. The monoisotopic (exact) mass is 671 g/mol. The molecule has 5 atom stereocenters. The molecule has 0 amide bonds.